The Morgan fingerprint density at radius 1 is 1.39 bits per heavy atom. The zero-order valence-corrected chi connectivity index (χ0v) is 10.3. The predicted molar refractivity (Wildman–Crippen MR) is 69.4 cm³/mol. The fraction of sp³-hybridized carbons (Fsp3) is 0.231. The van der Waals surface area contributed by atoms with Gasteiger partial charge in [-0.25, -0.2) is 4.79 Å². The van der Waals surface area contributed by atoms with Gasteiger partial charge in [-0.2, -0.15) is 0 Å². The molecule has 94 valence electrons. The zero-order valence-electron chi connectivity index (χ0n) is 10.3. The molecule has 0 aliphatic carbocycles. The summed E-state index contributed by atoms with van der Waals surface area (Å²) in [4.78, 5) is 16.4. The van der Waals surface area contributed by atoms with E-state index in [9.17, 15) is 4.79 Å². The van der Waals surface area contributed by atoms with Crippen LogP contribution in [0.1, 0.15) is 5.56 Å². The lowest BCUT2D eigenvalue weighted by Crippen LogP contribution is -2.21. The fourth-order valence-corrected chi connectivity index (χ4v) is 1.87. The Labute approximate surface area is 105 Å². The summed E-state index contributed by atoms with van der Waals surface area (Å²) in [6.45, 7) is 0.411. The fourth-order valence-electron chi connectivity index (χ4n) is 1.87. The van der Waals surface area contributed by atoms with Crippen LogP contribution in [0, 0.1) is 0 Å². The number of esters is 1. The highest BCUT2D eigenvalue weighted by molar-refractivity contribution is 6.20. The molecule has 1 aliphatic rings. The van der Waals surface area contributed by atoms with Crippen LogP contribution in [0.25, 0.3) is 5.57 Å². The smallest absolute Gasteiger partial charge is 0.336 e. The standard InChI is InChI=1S/C13H14N2O3/c1-17-13(16)11-7-14-12-6-4-3-5-9(12)10(11)8-15-18-2/h3-6,8,14H,7H2,1-2H3/b15-8-. The van der Waals surface area contributed by atoms with E-state index in [1.165, 1.54) is 20.4 Å². The minimum absolute atomic E-state index is 0.366. The van der Waals surface area contributed by atoms with E-state index in [1.807, 2.05) is 24.3 Å². The lowest BCUT2D eigenvalue weighted by molar-refractivity contribution is -0.136. The topological polar surface area (TPSA) is 59.9 Å². The Kier molecular flexibility index (Phi) is 3.62. The number of anilines is 1. The zero-order chi connectivity index (χ0) is 13.0. The normalized spacial score (nSPS) is 14.1. The predicted octanol–water partition coefficient (Wildman–Crippen LogP) is 1.67. The lowest BCUT2D eigenvalue weighted by atomic mass is 9.95. The largest absolute Gasteiger partial charge is 0.466 e. The number of carbonyl (C=O) groups excluding carboxylic acids is 1. The number of nitrogens with zero attached hydrogens (tertiary/aromatic N) is 1. The molecule has 0 saturated heterocycles. The second-order valence-electron chi connectivity index (χ2n) is 3.70. The molecule has 0 radical (unpaired) electrons. The summed E-state index contributed by atoms with van der Waals surface area (Å²) in [6, 6.07) is 7.70. The first kappa shape index (κ1) is 12.2. The molecule has 0 atom stereocenters. The summed E-state index contributed by atoms with van der Waals surface area (Å²) in [7, 11) is 2.82. The number of rotatable bonds is 3. The molecule has 1 N–H and O–H groups in total. The van der Waals surface area contributed by atoms with Gasteiger partial charge in [0.15, 0.2) is 0 Å². The third-order valence-corrected chi connectivity index (χ3v) is 2.72. The first-order chi connectivity index (χ1) is 8.77. The molecule has 0 saturated carbocycles. The summed E-state index contributed by atoms with van der Waals surface area (Å²) in [6.07, 6.45) is 1.53. The summed E-state index contributed by atoms with van der Waals surface area (Å²) in [5.74, 6) is -0.366. The van der Waals surface area contributed by atoms with Crippen LogP contribution < -0.4 is 5.32 Å². The second-order valence-corrected chi connectivity index (χ2v) is 3.70. The van der Waals surface area contributed by atoms with E-state index < -0.39 is 0 Å². The highest BCUT2D eigenvalue weighted by Gasteiger charge is 2.22. The number of hydrogen-bond acceptors (Lipinski definition) is 5. The number of ether oxygens (including phenoxy) is 1. The molecule has 2 rings (SSSR count). The van der Waals surface area contributed by atoms with E-state index in [2.05, 4.69) is 15.3 Å². The van der Waals surface area contributed by atoms with Gasteiger partial charge in [-0.3, -0.25) is 0 Å². The van der Waals surface area contributed by atoms with Gasteiger partial charge in [-0.1, -0.05) is 23.4 Å². The summed E-state index contributed by atoms with van der Waals surface area (Å²) in [5.41, 5.74) is 3.13. The maximum atomic E-state index is 11.7. The van der Waals surface area contributed by atoms with E-state index in [0.717, 1.165) is 16.8 Å². The minimum atomic E-state index is -0.366. The highest BCUT2D eigenvalue weighted by Crippen LogP contribution is 2.30. The quantitative estimate of drug-likeness (QED) is 0.500. The Balaban J connectivity index is 2.54. The molecule has 5 heteroatoms. The summed E-state index contributed by atoms with van der Waals surface area (Å²) >= 11 is 0. The van der Waals surface area contributed by atoms with Crippen LogP contribution in [-0.4, -0.2) is 32.9 Å². The number of carbonyl (C=O) groups is 1. The Bertz CT molecular complexity index is 521. The van der Waals surface area contributed by atoms with Crippen LogP contribution in [-0.2, 0) is 14.4 Å². The van der Waals surface area contributed by atoms with Gasteiger partial charge in [0.05, 0.1) is 18.9 Å². The van der Waals surface area contributed by atoms with Crippen molar-refractivity contribution in [3.63, 3.8) is 0 Å². The molecule has 1 aromatic rings. The number of methoxy groups -OCH3 is 1. The second kappa shape index (κ2) is 5.35. The average Bonchev–Trinajstić information content (AvgIpc) is 2.43. The third-order valence-electron chi connectivity index (χ3n) is 2.72. The number of nitrogens with one attached hydrogen (secondary N) is 1. The van der Waals surface area contributed by atoms with Gasteiger partial charge in [-0.15, -0.1) is 0 Å². The summed E-state index contributed by atoms with van der Waals surface area (Å²) in [5, 5.41) is 6.92. The van der Waals surface area contributed by atoms with Crippen LogP contribution in [0.5, 0.6) is 0 Å². The Morgan fingerprint density at radius 3 is 2.89 bits per heavy atom. The van der Waals surface area contributed by atoms with Crippen molar-refractivity contribution >= 4 is 23.4 Å². The molecule has 0 spiro atoms. The van der Waals surface area contributed by atoms with Crippen molar-refractivity contribution in [2.75, 3.05) is 26.1 Å². The molecule has 0 fully saturated rings. The van der Waals surface area contributed by atoms with Crippen molar-refractivity contribution in [2.45, 2.75) is 0 Å². The number of fused-ring (bicyclic) bond motifs is 1. The van der Waals surface area contributed by atoms with Gasteiger partial charge in [0.25, 0.3) is 0 Å². The lowest BCUT2D eigenvalue weighted by Gasteiger charge is -2.21. The summed E-state index contributed by atoms with van der Waals surface area (Å²) < 4.78 is 4.78. The molecule has 5 nitrogen and oxygen atoms in total. The van der Waals surface area contributed by atoms with Gasteiger partial charge in [0.1, 0.15) is 7.11 Å². The number of para-hydroxylation sites is 1. The van der Waals surface area contributed by atoms with E-state index in [1.54, 1.807) is 0 Å². The average molecular weight is 246 g/mol. The van der Waals surface area contributed by atoms with E-state index in [0.29, 0.717) is 12.1 Å². The third kappa shape index (κ3) is 2.20. The molecule has 1 aromatic carbocycles. The van der Waals surface area contributed by atoms with Crippen molar-refractivity contribution in [3.8, 4) is 0 Å². The number of benzene rings is 1. The Morgan fingerprint density at radius 2 is 2.17 bits per heavy atom. The van der Waals surface area contributed by atoms with Crippen molar-refractivity contribution in [1.29, 1.82) is 0 Å². The van der Waals surface area contributed by atoms with Crippen LogP contribution in [0.4, 0.5) is 5.69 Å². The molecule has 0 amide bonds. The molecule has 1 aliphatic heterocycles. The van der Waals surface area contributed by atoms with Gasteiger partial charge >= 0.3 is 5.97 Å². The van der Waals surface area contributed by atoms with Gasteiger partial charge < -0.3 is 14.9 Å². The number of oxime groups is 1. The number of allylic oxidation sites excluding steroid dienone is 1. The first-order valence-electron chi connectivity index (χ1n) is 5.49. The SMILES string of the molecule is CO/N=C\C1=C(C(=O)OC)CNc2ccccc21. The number of hydrogen-bond donors (Lipinski definition) is 1. The molecular weight excluding hydrogens is 232 g/mol. The van der Waals surface area contributed by atoms with Crippen molar-refractivity contribution < 1.29 is 14.4 Å². The van der Waals surface area contributed by atoms with Crippen LogP contribution in [0.15, 0.2) is 35.0 Å². The molecule has 0 bridgehead atoms. The van der Waals surface area contributed by atoms with E-state index in [4.69, 9.17) is 4.74 Å². The molecular formula is C13H14N2O3. The van der Waals surface area contributed by atoms with Gasteiger partial charge in [-0.05, 0) is 6.07 Å². The molecule has 0 unspecified atom stereocenters. The monoisotopic (exact) mass is 246 g/mol. The highest BCUT2D eigenvalue weighted by atomic mass is 16.6. The van der Waals surface area contributed by atoms with Gasteiger partial charge in [0, 0.05) is 23.4 Å². The van der Waals surface area contributed by atoms with Crippen LogP contribution >= 0.6 is 0 Å². The van der Waals surface area contributed by atoms with E-state index in [-0.39, 0.29) is 5.97 Å². The maximum Gasteiger partial charge on any atom is 0.336 e. The van der Waals surface area contributed by atoms with E-state index >= 15 is 0 Å². The van der Waals surface area contributed by atoms with Crippen molar-refractivity contribution in [3.05, 3.63) is 35.4 Å². The minimum Gasteiger partial charge on any atom is -0.466 e. The molecule has 0 aromatic heterocycles. The molecule has 1 heterocycles. The Hall–Kier alpha value is -2.30. The van der Waals surface area contributed by atoms with Crippen LogP contribution in [0.3, 0.4) is 0 Å². The van der Waals surface area contributed by atoms with Crippen molar-refractivity contribution in [2.24, 2.45) is 5.16 Å². The maximum absolute atomic E-state index is 11.7. The van der Waals surface area contributed by atoms with Crippen LogP contribution in [0.2, 0.25) is 0 Å². The molecule has 18 heavy (non-hydrogen) atoms. The first-order valence-corrected chi connectivity index (χ1v) is 5.49. The van der Waals surface area contributed by atoms with Crippen molar-refractivity contribution in [1.82, 2.24) is 0 Å². The van der Waals surface area contributed by atoms with Gasteiger partial charge in [0.2, 0.25) is 0 Å².